The summed E-state index contributed by atoms with van der Waals surface area (Å²) in [6.45, 7) is 1.75. The predicted molar refractivity (Wildman–Crippen MR) is 143 cm³/mol. The van der Waals surface area contributed by atoms with E-state index in [9.17, 15) is 9.59 Å². The molecule has 1 atom stereocenters. The number of anilines is 1. The molecule has 8 nitrogen and oxygen atoms in total. The van der Waals surface area contributed by atoms with Crippen LogP contribution in [0.3, 0.4) is 0 Å². The molecule has 0 spiro atoms. The lowest BCUT2D eigenvalue weighted by molar-refractivity contribution is -0.131. The van der Waals surface area contributed by atoms with Gasteiger partial charge in [-0.3, -0.25) is 9.59 Å². The molecule has 0 saturated heterocycles. The molecular weight excluding hydrogens is 550 g/mol. The Balaban J connectivity index is 1.60. The number of nitrogens with one attached hydrogen (secondary N) is 2. The maximum atomic E-state index is 12.4. The third kappa shape index (κ3) is 7.22. The van der Waals surface area contributed by atoms with Crippen LogP contribution < -0.4 is 25.0 Å². The number of carbonyl (C=O) groups excluding carboxylic acids is 2. The monoisotopic (exact) mass is 573 g/mol. The van der Waals surface area contributed by atoms with Crippen molar-refractivity contribution in [2.45, 2.75) is 13.5 Å². The van der Waals surface area contributed by atoms with Crippen LogP contribution in [-0.4, -0.2) is 32.2 Å². The number of hydrogen-bond donors (Lipinski definition) is 2. The number of methoxy groups -OCH3 is 2. The van der Waals surface area contributed by atoms with Crippen molar-refractivity contribution in [3.8, 4) is 17.2 Å². The number of amides is 2. The van der Waals surface area contributed by atoms with Gasteiger partial charge in [-0.25, -0.2) is 5.43 Å². The molecule has 0 aliphatic heterocycles. The Labute approximate surface area is 222 Å². The summed E-state index contributed by atoms with van der Waals surface area (Å²) in [4.78, 5) is 24.8. The molecular formula is C26H25BrClN3O5. The first-order valence-corrected chi connectivity index (χ1v) is 12.0. The van der Waals surface area contributed by atoms with Crippen LogP contribution in [0.25, 0.3) is 0 Å². The van der Waals surface area contributed by atoms with Gasteiger partial charge in [0, 0.05) is 16.3 Å². The summed E-state index contributed by atoms with van der Waals surface area (Å²) in [5, 5.41) is 7.27. The molecule has 0 aliphatic rings. The van der Waals surface area contributed by atoms with E-state index >= 15 is 0 Å². The summed E-state index contributed by atoms with van der Waals surface area (Å²) in [5.74, 6) is -0.346. The minimum absolute atomic E-state index is 0.259. The molecule has 1 unspecified atom stereocenters. The molecule has 0 bridgehead atoms. The fourth-order valence-corrected chi connectivity index (χ4v) is 3.80. The second-order valence-electron chi connectivity index (χ2n) is 7.59. The normalized spacial score (nSPS) is 11.6. The molecule has 36 heavy (non-hydrogen) atoms. The Kier molecular flexibility index (Phi) is 9.72. The summed E-state index contributed by atoms with van der Waals surface area (Å²) in [6.07, 6.45) is 1.44. The number of benzene rings is 3. The summed E-state index contributed by atoms with van der Waals surface area (Å²) in [7, 11) is 3.08. The molecule has 0 aliphatic carbocycles. The summed E-state index contributed by atoms with van der Waals surface area (Å²) < 4.78 is 17.1. The van der Waals surface area contributed by atoms with Gasteiger partial charge >= 0.3 is 0 Å². The standard InChI is InChI=1S/C26H25BrClN3O5/c1-16(25(32)30-19-8-10-20(34-2)11-9-19)26(33)31-29-14-17-12-21(27)24(23(13-17)35-3)36-15-18-6-4-5-7-22(18)28/h4-14,16H,15H2,1-3H3,(H,30,32)(H,31,33). The fraction of sp³-hybridized carbons (Fsp3) is 0.192. The fourth-order valence-electron chi connectivity index (χ4n) is 3.03. The highest BCUT2D eigenvalue weighted by Gasteiger charge is 2.21. The number of hydrogen-bond acceptors (Lipinski definition) is 6. The molecule has 0 aromatic heterocycles. The third-order valence-corrected chi connectivity index (χ3v) is 6.07. The van der Waals surface area contributed by atoms with Crippen molar-refractivity contribution in [1.82, 2.24) is 5.43 Å². The van der Waals surface area contributed by atoms with Crippen molar-refractivity contribution < 1.29 is 23.8 Å². The van der Waals surface area contributed by atoms with Gasteiger partial charge < -0.3 is 19.5 Å². The van der Waals surface area contributed by atoms with Crippen LogP contribution in [-0.2, 0) is 16.2 Å². The zero-order chi connectivity index (χ0) is 26.1. The Morgan fingerprint density at radius 1 is 1.06 bits per heavy atom. The van der Waals surface area contributed by atoms with E-state index in [0.29, 0.717) is 38.0 Å². The lowest BCUT2D eigenvalue weighted by Crippen LogP contribution is -2.34. The summed E-state index contributed by atoms with van der Waals surface area (Å²) in [5.41, 5.74) is 4.42. The Morgan fingerprint density at radius 3 is 2.44 bits per heavy atom. The molecule has 188 valence electrons. The van der Waals surface area contributed by atoms with E-state index in [1.54, 1.807) is 49.6 Å². The molecule has 3 aromatic rings. The van der Waals surface area contributed by atoms with E-state index in [0.717, 1.165) is 5.56 Å². The first-order valence-electron chi connectivity index (χ1n) is 10.8. The number of carbonyl (C=O) groups is 2. The zero-order valence-electron chi connectivity index (χ0n) is 19.9. The third-order valence-electron chi connectivity index (χ3n) is 5.11. The molecule has 0 fully saturated rings. The molecule has 0 saturated carbocycles. The van der Waals surface area contributed by atoms with Gasteiger partial charge in [0.2, 0.25) is 5.91 Å². The molecule has 0 heterocycles. The van der Waals surface area contributed by atoms with Gasteiger partial charge in [0.05, 0.1) is 24.9 Å². The number of hydrazone groups is 1. The molecule has 0 radical (unpaired) electrons. The maximum absolute atomic E-state index is 12.4. The molecule has 10 heteroatoms. The predicted octanol–water partition coefficient (Wildman–Crippen LogP) is 5.42. The lowest BCUT2D eigenvalue weighted by atomic mass is 10.1. The molecule has 3 aromatic carbocycles. The van der Waals surface area contributed by atoms with Crippen LogP contribution in [0.5, 0.6) is 17.2 Å². The number of rotatable bonds is 10. The highest BCUT2D eigenvalue weighted by atomic mass is 79.9. The average Bonchev–Trinajstić information content (AvgIpc) is 2.88. The average molecular weight is 575 g/mol. The first-order chi connectivity index (χ1) is 17.3. The Morgan fingerprint density at radius 2 is 1.78 bits per heavy atom. The highest BCUT2D eigenvalue weighted by molar-refractivity contribution is 9.10. The minimum atomic E-state index is -0.967. The van der Waals surface area contributed by atoms with Gasteiger partial charge in [0.1, 0.15) is 18.3 Å². The van der Waals surface area contributed by atoms with Crippen LogP contribution >= 0.6 is 27.5 Å². The van der Waals surface area contributed by atoms with Gasteiger partial charge in [0.25, 0.3) is 5.91 Å². The summed E-state index contributed by atoms with van der Waals surface area (Å²) in [6, 6.07) is 17.7. The van der Waals surface area contributed by atoms with Crippen LogP contribution in [0.15, 0.2) is 70.2 Å². The topological polar surface area (TPSA) is 98.2 Å². The first kappa shape index (κ1) is 27.0. The number of ether oxygens (including phenoxy) is 3. The van der Waals surface area contributed by atoms with E-state index in [2.05, 4.69) is 31.8 Å². The van der Waals surface area contributed by atoms with Crippen LogP contribution in [0, 0.1) is 5.92 Å². The van der Waals surface area contributed by atoms with Gasteiger partial charge in [-0.2, -0.15) is 5.10 Å². The van der Waals surface area contributed by atoms with Gasteiger partial charge in [-0.1, -0.05) is 29.8 Å². The second kappa shape index (κ2) is 12.9. The SMILES string of the molecule is COc1ccc(NC(=O)C(C)C(=O)NN=Cc2cc(Br)c(OCc3ccccc3Cl)c(OC)c2)cc1. The quantitative estimate of drug-likeness (QED) is 0.191. The van der Waals surface area contributed by atoms with Crippen LogP contribution in [0.2, 0.25) is 5.02 Å². The molecule has 3 rings (SSSR count). The Hall–Kier alpha value is -3.56. The van der Waals surface area contributed by atoms with Crippen molar-refractivity contribution in [3.63, 3.8) is 0 Å². The minimum Gasteiger partial charge on any atom is -0.497 e. The lowest BCUT2D eigenvalue weighted by Gasteiger charge is -2.14. The number of halogens is 2. The number of nitrogens with zero attached hydrogens (tertiary/aromatic N) is 1. The molecule has 2 amide bonds. The van der Waals surface area contributed by atoms with Crippen molar-refractivity contribution >= 4 is 51.2 Å². The van der Waals surface area contributed by atoms with E-state index in [1.807, 2.05) is 18.2 Å². The van der Waals surface area contributed by atoms with Crippen molar-refractivity contribution in [3.05, 3.63) is 81.3 Å². The second-order valence-corrected chi connectivity index (χ2v) is 8.85. The van der Waals surface area contributed by atoms with Gasteiger partial charge in [-0.05, 0) is 70.9 Å². The van der Waals surface area contributed by atoms with Gasteiger partial charge in [0.15, 0.2) is 11.5 Å². The van der Waals surface area contributed by atoms with Gasteiger partial charge in [-0.15, -0.1) is 0 Å². The largest absolute Gasteiger partial charge is 0.497 e. The maximum Gasteiger partial charge on any atom is 0.252 e. The van der Waals surface area contributed by atoms with Crippen LogP contribution in [0.4, 0.5) is 5.69 Å². The summed E-state index contributed by atoms with van der Waals surface area (Å²) >= 11 is 9.69. The van der Waals surface area contributed by atoms with Crippen molar-refractivity contribution in [2.24, 2.45) is 11.0 Å². The van der Waals surface area contributed by atoms with E-state index in [-0.39, 0.29) is 6.61 Å². The van der Waals surface area contributed by atoms with Crippen molar-refractivity contribution in [2.75, 3.05) is 19.5 Å². The Bertz CT molecular complexity index is 1250. The van der Waals surface area contributed by atoms with E-state index in [4.69, 9.17) is 25.8 Å². The highest BCUT2D eigenvalue weighted by Crippen LogP contribution is 2.37. The smallest absolute Gasteiger partial charge is 0.252 e. The van der Waals surface area contributed by atoms with Crippen molar-refractivity contribution in [1.29, 1.82) is 0 Å². The molecule has 2 N–H and O–H groups in total. The van der Waals surface area contributed by atoms with Crippen LogP contribution in [0.1, 0.15) is 18.1 Å². The zero-order valence-corrected chi connectivity index (χ0v) is 22.2. The van der Waals surface area contributed by atoms with E-state index in [1.165, 1.54) is 20.2 Å². The van der Waals surface area contributed by atoms with E-state index < -0.39 is 17.7 Å².